The maximum Gasteiger partial charge on any atom is 0.344 e. The highest BCUT2D eigenvalue weighted by Gasteiger charge is 2.36. The molecule has 3 heterocycles. The maximum absolute atomic E-state index is 13.0. The molecule has 2 aromatic heterocycles. The van der Waals surface area contributed by atoms with Crippen LogP contribution in [0, 0.1) is 11.3 Å². The third kappa shape index (κ3) is 3.39. The molecule has 0 saturated carbocycles. The number of fused-ring (bicyclic) bond motifs is 3. The zero-order valence-electron chi connectivity index (χ0n) is 16.8. The molecule has 1 aliphatic rings. The Hall–Kier alpha value is -4.08. The van der Waals surface area contributed by atoms with E-state index in [-0.39, 0.29) is 17.0 Å². The second-order valence-corrected chi connectivity index (χ2v) is 7.93. The maximum atomic E-state index is 13.0. The highest BCUT2D eigenvalue weighted by Crippen LogP contribution is 2.43. The van der Waals surface area contributed by atoms with Gasteiger partial charge in [0.1, 0.15) is 17.2 Å². The van der Waals surface area contributed by atoms with E-state index in [9.17, 15) is 10.1 Å². The van der Waals surface area contributed by atoms with Crippen molar-refractivity contribution in [3.05, 3.63) is 117 Å². The zero-order valence-corrected chi connectivity index (χ0v) is 17.5. The average Bonchev–Trinajstić information content (AvgIpc) is 2.78. The van der Waals surface area contributed by atoms with Gasteiger partial charge in [0.2, 0.25) is 5.88 Å². The fourth-order valence-electron chi connectivity index (χ4n) is 4.06. The first kappa shape index (κ1) is 19.9. The lowest BCUT2D eigenvalue weighted by molar-refractivity contribution is -0.688. The standard InChI is InChI=1S/C25H17ClN3O3/c26-17-7-3-5-15(11-17)13-29-10-4-6-16(14-29)21-19(12-27)24(28)32-23-18-8-1-2-9-20(18)31-25(30)22(21)23/h1-11,14,21H,13,28H2/q+1. The number of nitrogens with two attached hydrogens (primary N) is 1. The van der Waals surface area contributed by atoms with Gasteiger partial charge in [0, 0.05) is 22.2 Å². The minimum absolute atomic E-state index is 0.0222. The predicted octanol–water partition coefficient (Wildman–Crippen LogP) is 4.00. The summed E-state index contributed by atoms with van der Waals surface area (Å²) in [5, 5.41) is 11.1. The van der Waals surface area contributed by atoms with E-state index in [1.807, 2.05) is 59.4 Å². The summed E-state index contributed by atoms with van der Waals surface area (Å²) in [5.41, 5.74) is 8.14. The van der Waals surface area contributed by atoms with Crippen LogP contribution in [-0.4, -0.2) is 0 Å². The number of rotatable bonds is 3. The van der Waals surface area contributed by atoms with Gasteiger partial charge >= 0.3 is 5.63 Å². The Labute approximate surface area is 188 Å². The van der Waals surface area contributed by atoms with Gasteiger partial charge in [0.25, 0.3) is 0 Å². The second kappa shape index (κ2) is 7.88. The molecule has 7 heteroatoms. The molecule has 1 aliphatic heterocycles. The smallest absolute Gasteiger partial charge is 0.344 e. The second-order valence-electron chi connectivity index (χ2n) is 7.49. The summed E-state index contributed by atoms with van der Waals surface area (Å²) in [6, 6.07) is 20.5. The van der Waals surface area contributed by atoms with Crippen molar-refractivity contribution in [2.45, 2.75) is 12.5 Å². The van der Waals surface area contributed by atoms with Crippen LogP contribution < -0.4 is 20.7 Å². The van der Waals surface area contributed by atoms with Gasteiger partial charge in [-0.2, -0.15) is 5.26 Å². The summed E-state index contributed by atoms with van der Waals surface area (Å²) in [5.74, 6) is -0.411. The predicted molar refractivity (Wildman–Crippen MR) is 119 cm³/mol. The normalized spacial score (nSPS) is 15.2. The van der Waals surface area contributed by atoms with Crippen LogP contribution in [0.2, 0.25) is 5.02 Å². The van der Waals surface area contributed by atoms with Crippen molar-refractivity contribution in [2.75, 3.05) is 0 Å². The zero-order chi connectivity index (χ0) is 22.2. The molecule has 4 aromatic rings. The molecule has 1 atom stereocenters. The lowest BCUT2D eigenvalue weighted by Gasteiger charge is -2.25. The van der Waals surface area contributed by atoms with Crippen LogP contribution in [0.1, 0.15) is 22.6 Å². The minimum atomic E-state index is -0.712. The van der Waals surface area contributed by atoms with Crippen molar-refractivity contribution in [1.29, 1.82) is 5.26 Å². The highest BCUT2D eigenvalue weighted by molar-refractivity contribution is 6.30. The number of aromatic nitrogens is 1. The minimum Gasteiger partial charge on any atom is -0.439 e. The average molecular weight is 443 g/mol. The van der Waals surface area contributed by atoms with Crippen LogP contribution in [0.3, 0.4) is 0 Å². The van der Waals surface area contributed by atoms with Gasteiger partial charge < -0.3 is 14.9 Å². The monoisotopic (exact) mass is 442 g/mol. The van der Waals surface area contributed by atoms with Gasteiger partial charge in [-0.05, 0) is 30.3 Å². The Morgan fingerprint density at radius 3 is 2.78 bits per heavy atom. The Morgan fingerprint density at radius 2 is 1.97 bits per heavy atom. The van der Waals surface area contributed by atoms with E-state index in [0.717, 1.165) is 11.1 Å². The van der Waals surface area contributed by atoms with Crippen molar-refractivity contribution in [2.24, 2.45) is 5.73 Å². The Morgan fingerprint density at radius 1 is 1.12 bits per heavy atom. The quantitative estimate of drug-likeness (QED) is 0.382. The molecule has 0 aliphatic carbocycles. The van der Waals surface area contributed by atoms with E-state index in [2.05, 4.69) is 6.07 Å². The molecular formula is C25H17ClN3O3+. The first-order chi connectivity index (χ1) is 15.5. The van der Waals surface area contributed by atoms with Gasteiger partial charge in [-0.1, -0.05) is 35.9 Å². The lowest BCUT2D eigenvalue weighted by atomic mass is 9.84. The van der Waals surface area contributed by atoms with E-state index >= 15 is 0 Å². The van der Waals surface area contributed by atoms with Crippen LogP contribution >= 0.6 is 11.6 Å². The molecule has 2 N–H and O–H groups in total. The van der Waals surface area contributed by atoms with Crippen molar-refractivity contribution in [3.8, 4) is 11.8 Å². The van der Waals surface area contributed by atoms with Crippen LogP contribution in [0.25, 0.3) is 11.0 Å². The van der Waals surface area contributed by atoms with Crippen molar-refractivity contribution >= 4 is 22.6 Å². The Bertz CT molecular complexity index is 1500. The Kier molecular flexibility index (Phi) is 4.89. The molecule has 0 bridgehead atoms. The fourth-order valence-corrected chi connectivity index (χ4v) is 4.27. The number of ether oxygens (including phenoxy) is 1. The topological polar surface area (TPSA) is 93.1 Å². The number of hydrogen-bond acceptors (Lipinski definition) is 5. The number of benzene rings is 2. The number of nitriles is 1. The number of pyridine rings is 1. The van der Waals surface area contributed by atoms with Gasteiger partial charge in [0.05, 0.1) is 16.9 Å². The molecule has 32 heavy (non-hydrogen) atoms. The summed E-state index contributed by atoms with van der Waals surface area (Å²) < 4.78 is 13.3. The Balaban J connectivity index is 1.67. The van der Waals surface area contributed by atoms with Gasteiger partial charge in [-0.25, -0.2) is 9.36 Å². The largest absolute Gasteiger partial charge is 0.439 e. The van der Waals surface area contributed by atoms with Crippen molar-refractivity contribution in [1.82, 2.24) is 0 Å². The highest BCUT2D eigenvalue weighted by atomic mass is 35.5. The molecule has 0 amide bonds. The molecule has 0 fully saturated rings. The molecule has 0 radical (unpaired) electrons. The van der Waals surface area contributed by atoms with Crippen molar-refractivity contribution in [3.63, 3.8) is 0 Å². The number of hydrogen-bond donors (Lipinski definition) is 1. The van der Waals surface area contributed by atoms with Crippen LogP contribution in [0.4, 0.5) is 0 Å². The third-order valence-corrected chi connectivity index (χ3v) is 5.68. The van der Waals surface area contributed by atoms with Crippen LogP contribution in [0.15, 0.2) is 93.7 Å². The fraction of sp³-hybridized carbons (Fsp3) is 0.0800. The molecule has 5 rings (SSSR count). The van der Waals surface area contributed by atoms with E-state index < -0.39 is 11.5 Å². The van der Waals surface area contributed by atoms with Crippen molar-refractivity contribution < 1.29 is 13.7 Å². The SMILES string of the molecule is N#CC1=C(N)Oc2c(c(=O)oc3ccccc23)C1c1ccc[n+](Cc2cccc(Cl)c2)c1. The van der Waals surface area contributed by atoms with Gasteiger partial charge in [-0.15, -0.1) is 0 Å². The summed E-state index contributed by atoms with van der Waals surface area (Å²) in [7, 11) is 0. The lowest BCUT2D eigenvalue weighted by Crippen LogP contribution is -2.35. The summed E-state index contributed by atoms with van der Waals surface area (Å²) in [6.45, 7) is 0.567. The molecular weight excluding hydrogens is 426 g/mol. The molecule has 0 spiro atoms. The first-order valence-corrected chi connectivity index (χ1v) is 10.3. The van der Waals surface area contributed by atoms with E-state index in [4.69, 9.17) is 26.5 Å². The van der Waals surface area contributed by atoms with Crippen LogP contribution in [-0.2, 0) is 6.54 Å². The number of allylic oxidation sites excluding steroid dienone is 1. The summed E-state index contributed by atoms with van der Waals surface area (Å²) in [4.78, 5) is 13.0. The molecule has 1 unspecified atom stereocenters. The molecule has 0 saturated heterocycles. The molecule has 2 aromatic carbocycles. The number of para-hydroxylation sites is 1. The third-order valence-electron chi connectivity index (χ3n) is 5.44. The number of halogens is 1. The first-order valence-electron chi connectivity index (χ1n) is 9.92. The molecule has 6 nitrogen and oxygen atoms in total. The van der Waals surface area contributed by atoms with Gasteiger partial charge in [-0.3, -0.25) is 0 Å². The van der Waals surface area contributed by atoms with E-state index in [1.165, 1.54) is 0 Å². The summed E-state index contributed by atoms with van der Waals surface area (Å²) >= 11 is 6.12. The van der Waals surface area contributed by atoms with E-state index in [0.29, 0.717) is 28.3 Å². The molecule has 156 valence electrons. The summed E-state index contributed by atoms with van der Waals surface area (Å²) in [6.07, 6.45) is 3.80. The van der Waals surface area contributed by atoms with Gasteiger partial charge in [0.15, 0.2) is 24.7 Å². The van der Waals surface area contributed by atoms with Crippen LogP contribution in [0.5, 0.6) is 5.75 Å². The number of nitrogens with zero attached hydrogens (tertiary/aromatic N) is 2. The van der Waals surface area contributed by atoms with E-state index in [1.54, 1.807) is 18.2 Å².